The highest BCUT2D eigenvalue weighted by molar-refractivity contribution is 4.70. The average molecular weight is 342 g/mol. The summed E-state index contributed by atoms with van der Waals surface area (Å²) in [4.78, 5) is 0. The van der Waals surface area contributed by atoms with Crippen LogP contribution in [-0.4, -0.2) is 11.8 Å². The molecule has 0 aliphatic rings. The van der Waals surface area contributed by atoms with Crippen LogP contribution in [0.15, 0.2) is 0 Å². The molecule has 146 valence electrons. The van der Waals surface area contributed by atoms with Crippen molar-refractivity contribution in [2.75, 3.05) is 0 Å². The van der Waals surface area contributed by atoms with Crippen molar-refractivity contribution in [2.24, 2.45) is 5.73 Å². The molecule has 0 fully saturated rings. The van der Waals surface area contributed by atoms with Crippen molar-refractivity contribution in [3.63, 3.8) is 0 Å². The highest BCUT2D eigenvalue weighted by Gasteiger charge is 2.20. The van der Waals surface area contributed by atoms with Gasteiger partial charge in [-0.25, -0.2) is 0 Å². The zero-order valence-corrected chi connectivity index (χ0v) is 17.4. The van der Waals surface area contributed by atoms with Crippen LogP contribution in [0.5, 0.6) is 0 Å². The number of ether oxygens (including phenoxy) is 1. The first-order chi connectivity index (χ1) is 11.5. The zero-order chi connectivity index (χ0) is 18.1. The summed E-state index contributed by atoms with van der Waals surface area (Å²) in [6.45, 7) is 8.81. The molecule has 1 unspecified atom stereocenters. The molecule has 0 aliphatic carbocycles. The zero-order valence-electron chi connectivity index (χ0n) is 17.4. The summed E-state index contributed by atoms with van der Waals surface area (Å²) in [5.41, 5.74) is 5.93. The highest BCUT2D eigenvalue weighted by atomic mass is 16.5. The molecule has 0 spiro atoms. The van der Waals surface area contributed by atoms with Crippen LogP contribution in [-0.2, 0) is 4.74 Å². The molecule has 0 saturated carbocycles. The van der Waals surface area contributed by atoms with Gasteiger partial charge < -0.3 is 10.5 Å². The van der Waals surface area contributed by atoms with Gasteiger partial charge in [-0.05, 0) is 26.7 Å². The minimum Gasteiger partial charge on any atom is -0.358 e. The van der Waals surface area contributed by atoms with Gasteiger partial charge >= 0.3 is 0 Å². The molecule has 2 nitrogen and oxygen atoms in total. The number of unbranched alkanes of at least 4 members (excludes halogenated alkanes) is 12. The van der Waals surface area contributed by atoms with Crippen molar-refractivity contribution in [2.45, 2.75) is 142 Å². The Balaban J connectivity index is 3.32. The van der Waals surface area contributed by atoms with Gasteiger partial charge in [0.1, 0.15) is 6.23 Å². The van der Waals surface area contributed by atoms with Gasteiger partial charge in [-0.2, -0.15) is 0 Å². The first kappa shape index (κ1) is 23.9. The molecular weight excluding hydrogens is 294 g/mol. The maximum Gasteiger partial charge on any atom is 0.106 e. The van der Waals surface area contributed by atoms with Crippen LogP contribution >= 0.6 is 0 Å². The first-order valence-corrected chi connectivity index (χ1v) is 10.9. The fourth-order valence-corrected chi connectivity index (χ4v) is 3.38. The van der Waals surface area contributed by atoms with E-state index >= 15 is 0 Å². The van der Waals surface area contributed by atoms with E-state index in [1.165, 1.54) is 83.5 Å². The molecule has 0 radical (unpaired) electrons. The quantitative estimate of drug-likeness (QED) is 0.209. The van der Waals surface area contributed by atoms with Gasteiger partial charge in [0.05, 0.1) is 5.60 Å². The van der Waals surface area contributed by atoms with Gasteiger partial charge in [-0.3, -0.25) is 0 Å². The summed E-state index contributed by atoms with van der Waals surface area (Å²) in [5, 5.41) is 0. The Hall–Kier alpha value is -0.0800. The van der Waals surface area contributed by atoms with Crippen LogP contribution in [0.2, 0.25) is 0 Å². The molecule has 0 aliphatic heterocycles. The summed E-state index contributed by atoms with van der Waals surface area (Å²) in [6, 6.07) is 0. The van der Waals surface area contributed by atoms with Gasteiger partial charge in [0.25, 0.3) is 0 Å². The highest BCUT2D eigenvalue weighted by Crippen LogP contribution is 2.21. The van der Waals surface area contributed by atoms with Crippen molar-refractivity contribution in [1.82, 2.24) is 0 Å². The molecular formula is C22H47NO. The normalized spacial score (nSPS) is 13.4. The van der Waals surface area contributed by atoms with E-state index in [2.05, 4.69) is 27.7 Å². The van der Waals surface area contributed by atoms with Crippen LogP contribution in [0.3, 0.4) is 0 Å². The lowest BCUT2D eigenvalue weighted by atomic mass is 9.98. The molecule has 0 aromatic rings. The van der Waals surface area contributed by atoms with Crippen LogP contribution in [0.4, 0.5) is 0 Å². The number of hydrogen-bond acceptors (Lipinski definition) is 2. The second kappa shape index (κ2) is 16.4. The molecule has 0 saturated heterocycles. The third-order valence-electron chi connectivity index (χ3n) is 4.93. The largest absolute Gasteiger partial charge is 0.358 e. The van der Waals surface area contributed by atoms with E-state index in [-0.39, 0.29) is 11.8 Å². The number of rotatable bonds is 18. The van der Waals surface area contributed by atoms with Crippen LogP contribution in [0, 0.1) is 0 Å². The van der Waals surface area contributed by atoms with Crippen molar-refractivity contribution in [3.05, 3.63) is 0 Å². The molecule has 0 rings (SSSR count). The lowest BCUT2D eigenvalue weighted by molar-refractivity contribution is -0.0774. The van der Waals surface area contributed by atoms with Crippen LogP contribution in [0.25, 0.3) is 0 Å². The Kier molecular flexibility index (Phi) is 16.3. The summed E-state index contributed by atoms with van der Waals surface area (Å²) < 4.78 is 5.96. The summed E-state index contributed by atoms with van der Waals surface area (Å²) in [6.07, 6.45) is 21.4. The van der Waals surface area contributed by atoms with Crippen LogP contribution < -0.4 is 5.73 Å². The molecule has 24 heavy (non-hydrogen) atoms. The van der Waals surface area contributed by atoms with Crippen molar-refractivity contribution in [3.8, 4) is 0 Å². The summed E-state index contributed by atoms with van der Waals surface area (Å²) >= 11 is 0. The fraction of sp³-hybridized carbons (Fsp3) is 1.00. The Morgan fingerprint density at radius 3 is 1.50 bits per heavy atom. The van der Waals surface area contributed by atoms with Crippen molar-refractivity contribution >= 4 is 0 Å². The van der Waals surface area contributed by atoms with Gasteiger partial charge in [-0.1, -0.05) is 104 Å². The predicted molar refractivity (Wildman–Crippen MR) is 108 cm³/mol. The standard InChI is InChI=1S/C22H47NO/c1-5-7-8-9-10-11-12-13-14-15-16-17-18-20-22(3,4)24-21(23)19-6-2/h21H,5-20,23H2,1-4H3. The molecule has 0 heterocycles. The molecule has 0 aromatic carbocycles. The van der Waals surface area contributed by atoms with Gasteiger partial charge in [0, 0.05) is 0 Å². The van der Waals surface area contributed by atoms with E-state index in [0.29, 0.717) is 0 Å². The summed E-state index contributed by atoms with van der Waals surface area (Å²) in [7, 11) is 0. The molecule has 2 N–H and O–H groups in total. The third kappa shape index (κ3) is 16.8. The van der Waals surface area contributed by atoms with Crippen molar-refractivity contribution < 1.29 is 4.74 Å². The summed E-state index contributed by atoms with van der Waals surface area (Å²) in [5.74, 6) is 0. The minimum absolute atomic E-state index is 0.0631. The van der Waals surface area contributed by atoms with E-state index in [4.69, 9.17) is 10.5 Å². The van der Waals surface area contributed by atoms with E-state index in [1.54, 1.807) is 0 Å². The maximum atomic E-state index is 5.99. The Morgan fingerprint density at radius 2 is 1.08 bits per heavy atom. The van der Waals surface area contributed by atoms with Crippen molar-refractivity contribution in [1.29, 1.82) is 0 Å². The molecule has 0 aromatic heterocycles. The van der Waals surface area contributed by atoms with Gasteiger partial charge in [0.2, 0.25) is 0 Å². The minimum atomic E-state index is -0.0908. The number of nitrogens with two attached hydrogens (primary N) is 1. The maximum absolute atomic E-state index is 5.99. The second-order valence-electron chi connectivity index (χ2n) is 8.20. The Morgan fingerprint density at radius 1 is 0.667 bits per heavy atom. The smallest absolute Gasteiger partial charge is 0.106 e. The van der Waals surface area contributed by atoms with E-state index in [0.717, 1.165) is 19.3 Å². The molecule has 1 atom stereocenters. The predicted octanol–water partition coefficient (Wildman–Crippen LogP) is 7.35. The molecule has 0 amide bonds. The Bertz CT molecular complexity index is 252. The van der Waals surface area contributed by atoms with Gasteiger partial charge in [0.15, 0.2) is 0 Å². The third-order valence-corrected chi connectivity index (χ3v) is 4.93. The van der Waals surface area contributed by atoms with E-state index < -0.39 is 0 Å². The van der Waals surface area contributed by atoms with Crippen LogP contribution in [0.1, 0.15) is 130 Å². The lowest BCUT2D eigenvalue weighted by Crippen LogP contribution is -2.35. The lowest BCUT2D eigenvalue weighted by Gasteiger charge is -2.29. The first-order valence-electron chi connectivity index (χ1n) is 10.9. The fourth-order valence-electron chi connectivity index (χ4n) is 3.38. The SMILES string of the molecule is CCCCCCCCCCCCCCCC(C)(C)OC(N)CCC. The monoisotopic (exact) mass is 341 g/mol. The van der Waals surface area contributed by atoms with E-state index in [1.807, 2.05) is 0 Å². The molecule has 0 bridgehead atoms. The molecule has 2 heteroatoms. The Labute approximate surface area is 153 Å². The second-order valence-corrected chi connectivity index (χ2v) is 8.20. The number of hydrogen-bond donors (Lipinski definition) is 1. The van der Waals surface area contributed by atoms with Gasteiger partial charge in [-0.15, -0.1) is 0 Å². The van der Waals surface area contributed by atoms with E-state index in [9.17, 15) is 0 Å². The topological polar surface area (TPSA) is 35.2 Å². The average Bonchev–Trinajstić information content (AvgIpc) is 2.51.